The van der Waals surface area contributed by atoms with E-state index in [1.807, 2.05) is 0 Å². The quantitative estimate of drug-likeness (QED) is 0.529. The summed E-state index contributed by atoms with van der Waals surface area (Å²) in [5, 5.41) is 4.79. The predicted octanol–water partition coefficient (Wildman–Crippen LogP) is 4.24. The topological polar surface area (TPSA) is 133 Å². The second kappa shape index (κ2) is 10.3. The van der Waals surface area contributed by atoms with Gasteiger partial charge in [-0.1, -0.05) is 58.0 Å². The van der Waals surface area contributed by atoms with Crippen LogP contribution in [0.4, 0.5) is 4.79 Å². The van der Waals surface area contributed by atoms with Gasteiger partial charge in [-0.15, -0.1) is 22.7 Å². The van der Waals surface area contributed by atoms with Crippen molar-refractivity contribution in [3.8, 4) is 0 Å². The molecule has 0 saturated heterocycles. The molecule has 0 bridgehead atoms. The van der Waals surface area contributed by atoms with E-state index < -0.39 is 36.5 Å². The van der Waals surface area contributed by atoms with Gasteiger partial charge in [-0.05, 0) is 24.3 Å². The van der Waals surface area contributed by atoms with Crippen molar-refractivity contribution in [3.63, 3.8) is 0 Å². The normalized spacial score (nSPS) is 12.1. The smallest absolute Gasteiger partial charge is 0.421 e. The maximum absolute atomic E-state index is 11.6. The number of hydrogen-bond donors (Lipinski definition) is 2. The van der Waals surface area contributed by atoms with E-state index in [0.717, 1.165) is 22.7 Å². The Morgan fingerprint density at radius 1 is 1.00 bits per heavy atom. The minimum absolute atomic E-state index is 0.0949. The van der Waals surface area contributed by atoms with Crippen LogP contribution in [0, 0.1) is 0 Å². The van der Waals surface area contributed by atoms with Crippen molar-refractivity contribution >= 4 is 107 Å². The highest BCUT2D eigenvalue weighted by Gasteiger charge is 2.25. The van der Waals surface area contributed by atoms with Crippen LogP contribution in [0.5, 0.6) is 0 Å². The molecule has 0 aliphatic heterocycles. The van der Waals surface area contributed by atoms with E-state index in [2.05, 4.69) is 4.74 Å². The lowest BCUT2D eigenvalue weighted by atomic mass is 10.7. The fourth-order valence-corrected chi connectivity index (χ4v) is 5.67. The van der Waals surface area contributed by atoms with Crippen LogP contribution in [0.2, 0.25) is 8.67 Å². The van der Waals surface area contributed by atoms with Gasteiger partial charge in [0.25, 0.3) is 10.0 Å². The Kier molecular flexibility index (Phi) is 9.60. The molecule has 0 aromatic carbocycles. The molecule has 0 aliphatic carbocycles. The molecule has 28 heavy (non-hydrogen) atoms. The van der Waals surface area contributed by atoms with Crippen LogP contribution in [0.15, 0.2) is 32.7 Å². The number of hydrogen-bond acceptors (Lipinski definition) is 8. The van der Waals surface area contributed by atoms with Gasteiger partial charge in [0.1, 0.15) is 15.0 Å². The number of alkyl halides is 3. The second-order valence-corrected chi connectivity index (χ2v) is 14.1. The summed E-state index contributed by atoms with van der Waals surface area (Å²) < 4.78 is 49.3. The summed E-state index contributed by atoms with van der Waals surface area (Å²) >= 11 is 28.8. The van der Waals surface area contributed by atoms with Crippen molar-refractivity contribution in [2.45, 2.75) is 12.2 Å². The van der Waals surface area contributed by atoms with E-state index in [0.29, 0.717) is 4.34 Å². The van der Waals surface area contributed by atoms with Crippen LogP contribution >= 0.6 is 80.7 Å². The van der Waals surface area contributed by atoms with Gasteiger partial charge >= 0.3 is 6.09 Å². The number of carbonyl (C=O) groups excluding carboxylic acids is 1. The minimum atomic E-state index is -4.03. The molecule has 1 amide bonds. The Labute approximate surface area is 193 Å². The second-order valence-electron chi connectivity index (χ2n) is 4.46. The van der Waals surface area contributed by atoms with Crippen molar-refractivity contribution in [1.29, 1.82) is 0 Å². The van der Waals surface area contributed by atoms with Crippen molar-refractivity contribution in [1.82, 2.24) is 4.72 Å². The molecule has 0 fully saturated rings. The molecular weight excluding hydrogens is 562 g/mol. The van der Waals surface area contributed by atoms with Crippen molar-refractivity contribution in [2.24, 2.45) is 5.14 Å². The lowest BCUT2D eigenvalue weighted by molar-refractivity contribution is 0.155. The van der Waals surface area contributed by atoms with Crippen molar-refractivity contribution in [3.05, 3.63) is 32.9 Å². The molecule has 0 atom stereocenters. The maximum Gasteiger partial charge on any atom is 0.421 e. The number of carbonyl (C=O) groups is 1. The number of rotatable bonds is 4. The van der Waals surface area contributed by atoms with Gasteiger partial charge in [0, 0.05) is 0 Å². The van der Waals surface area contributed by atoms with Crippen LogP contribution in [0.1, 0.15) is 0 Å². The summed E-state index contributed by atoms with van der Waals surface area (Å²) in [6.45, 7) is -0.579. The summed E-state index contributed by atoms with van der Waals surface area (Å²) in [5.74, 6) is 0. The molecule has 2 heterocycles. The van der Waals surface area contributed by atoms with Gasteiger partial charge in [0.15, 0.2) is 0 Å². The van der Waals surface area contributed by atoms with Gasteiger partial charge in [0.2, 0.25) is 13.8 Å². The largest absolute Gasteiger partial charge is 0.444 e. The van der Waals surface area contributed by atoms with Gasteiger partial charge in [-0.25, -0.2) is 31.5 Å². The van der Waals surface area contributed by atoms with E-state index in [9.17, 15) is 21.6 Å². The van der Waals surface area contributed by atoms with Gasteiger partial charge in [-0.2, -0.15) is 0 Å². The first-order chi connectivity index (χ1) is 12.6. The molecule has 0 spiro atoms. The lowest BCUT2D eigenvalue weighted by Crippen LogP contribution is -2.32. The SMILES string of the molecule is NS(=O)(=O)c1ccc(Cl)s1.O=C(NS(=O)(=O)c1ccc(Cl)s1)OCC(Cl)(Cl)Cl. The fourth-order valence-electron chi connectivity index (χ4n) is 1.23. The minimum Gasteiger partial charge on any atom is -0.444 e. The zero-order chi connectivity index (χ0) is 21.8. The fraction of sp³-hybridized carbons (Fsp3) is 0.182. The van der Waals surface area contributed by atoms with Crippen molar-refractivity contribution in [2.75, 3.05) is 6.61 Å². The maximum atomic E-state index is 11.6. The third kappa shape index (κ3) is 9.65. The standard InChI is InChI=1S/C7H5Cl4NO4S2.C4H4ClNO2S2/c8-4-1-2-5(17-4)18(14,15)12-6(13)16-3-7(9,10)11;5-3-1-2-4(9-3)10(6,7)8/h1-2H,3H2,(H,12,13);1-2H,(H2,6,7,8). The zero-order valence-corrected chi connectivity index (χ0v) is 20.1. The number of sulfonamides is 2. The molecule has 0 saturated carbocycles. The van der Waals surface area contributed by atoms with Crippen LogP contribution in [0.3, 0.4) is 0 Å². The lowest BCUT2D eigenvalue weighted by Gasteiger charge is -2.11. The molecule has 3 N–H and O–H groups in total. The van der Waals surface area contributed by atoms with Gasteiger partial charge in [-0.3, -0.25) is 0 Å². The monoisotopic (exact) mass is 568 g/mol. The van der Waals surface area contributed by atoms with Crippen LogP contribution in [-0.4, -0.2) is 33.3 Å². The first-order valence-corrected chi connectivity index (χ1v) is 13.0. The summed E-state index contributed by atoms with van der Waals surface area (Å²) in [5.41, 5.74) is 0. The molecule has 2 aromatic rings. The number of nitrogens with one attached hydrogen (secondary N) is 1. The van der Waals surface area contributed by atoms with Crippen LogP contribution in [0.25, 0.3) is 0 Å². The molecule has 8 nitrogen and oxygen atoms in total. The summed E-state index contributed by atoms with van der Waals surface area (Å²) in [6.07, 6.45) is -1.24. The third-order valence-electron chi connectivity index (χ3n) is 2.23. The number of halogens is 5. The molecule has 2 rings (SSSR count). The Balaban J connectivity index is 0.000000330. The summed E-state index contributed by atoms with van der Waals surface area (Å²) in [6, 6.07) is 5.50. The third-order valence-corrected chi connectivity index (χ3v) is 8.26. The molecular formula is C11H9Cl5N2O6S4. The van der Waals surface area contributed by atoms with E-state index in [4.69, 9.17) is 63.1 Å². The number of nitrogens with two attached hydrogens (primary N) is 1. The van der Waals surface area contributed by atoms with Crippen LogP contribution in [-0.2, 0) is 24.8 Å². The van der Waals surface area contributed by atoms with E-state index in [-0.39, 0.29) is 12.8 Å². The van der Waals surface area contributed by atoms with Crippen molar-refractivity contribution < 1.29 is 26.4 Å². The first-order valence-electron chi connectivity index (χ1n) is 6.40. The van der Waals surface area contributed by atoms with E-state index >= 15 is 0 Å². The molecule has 0 radical (unpaired) electrons. The highest BCUT2D eigenvalue weighted by molar-refractivity contribution is 7.92. The summed E-state index contributed by atoms with van der Waals surface area (Å²) in [7, 11) is -7.57. The Bertz CT molecular complexity index is 1030. The summed E-state index contributed by atoms with van der Waals surface area (Å²) in [4.78, 5) is 11.2. The predicted molar refractivity (Wildman–Crippen MR) is 112 cm³/mol. The van der Waals surface area contributed by atoms with E-state index in [1.165, 1.54) is 24.3 Å². The Morgan fingerprint density at radius 2 is 1.46 bits per heavy atom. The molecule has 158 valence electrons. The molecule has 17 heteroatoms. The first kappa shape index (κ1) is 26.0. The Morgan fingerprint density at radius 3 is 1.79 bits per heavy atom. The highest BCUT2D eigenvalue weighted by atomic mass is 35.6. The van der Waals surface area contributed by atoms with E-state index in [1.54, 1.807) is 4.72 Å². The highest BCUT2D eigenvalue weighted by Crippen LogP contribution is 2.27. The average molecular weight is 571 g/mol. The Hall–Kier alpha value is -0.0200. The zero-order valence-electron chi connectivity index (χ0n) is 13.1. The van der Waals surface area contributed by atoms with Crippen LogP contribution < -0.4 is 9.86 Å². The average Bonchev–Trinajstić information content (AvgIpc) is 3.13. The number of amides is 1. The number of ether oxygens (including phenoxy) is 1. The number of thiophene rings is 2. The van der Waals surface area contributed by atoms with Gasteiger partial charge in [0.05, 0.1) is 8.67 Å². The molecule has 0 aliphatic rings. The molecule has 0 unspecified atom stereocenters. The number of primary sulfonamides is 1. The molecule has 2 aromatic heterocycles. The van der Waals surface area contributed by atoms with Gasteiger partial charge < -0.3 is 4.74 Å².